The molecule has 0 saturated heterocycles. The van der Waals surface area contributed by atoms with Gasteiger partial charge >= 0.3 is 0 Å². The number of benzene rings is 6. The lowest BCUT2D eigenvalue weighted by molar-refractivity contribution is 0.669. The second-order valence-electron chi connectivity index (χ2n) is 10.3. The number of para-hydroxylation sites is 3. The van der Waals surface area contributed by atoms with Crippen LogP contribution in [0.15, 0.2) is 130 Å². The molecule has 0 atom stereocenters. The smallest absolute Gasteiger partial charge is 0.143 e. The summed E-state index contributed by atoms with van der Waals surface area (Å²) in [4.78, 5) is 0. The van der Waals surface area contributed by atoms with E-state index in [2.05, 4.69) is 30.3 Å². The highest BCUT2D eigenvalue weighted by Gasteiger charge is 2.21. The molecule has 42 heavy (non-hydrogen) atoms. The van der Waals surface area contributed by atoms with Crippen LogP contribution in [0.3, 0.4) is 0 Å². The molecule has 0 saturated carbocycles. The first-order valence-corrected chi connectivity index (χ1v) is 13.6. The highest BCUT2D eigenvalue weighted by Crippen LogP contribution is 2.43. The van der Waals surface area contributed by atoms with E-state index in [0.717, 1.165) is 66.1 Å². The van der Waals surface area contributed by atoms with Gasteiger partial charge in [-0.2, -0.15) is 10.5 Å². The van der Waals surface area contributed by atoms with Crippen LogP contribution in [0.2, 0.25) is 0 Å². The molecular formula is C38H20N2O2. The number of fused-ring (bicyclic) bond motifs is 6. The van der Waals surface area contributed by atoms with E-state index >= 15 is 0 Å². The largest absolute Gasteiger partial charge is 0.456 e. The van der Waals surface area contributed by atoms with Crippen LogP contribution < -0.4 is 0 Å². The monoisotopic (exact) mass is 536 g/mol. The van der Waals surface area contributed by atoms with Crippen molar-refractivity contribution in [3.05, 3.63) is 132 Å². The number of nitrogens with zero attached hydrogens (tertiary/aromatic N) is 2. The summed E-state index contributed by atoms with van der Waals surface area (Å²) in [5.41, 5.74) is 8.95. The molecule has 4 heteroatoms. The first kappa shape index (κ1) is 23.8. The summed E-state index contributed by atoms with van der Waals surface area (Å²) in [5, 5.41) is 24.7. The van der Waals surface area contributed by atoms with Crippen LogP contribution in [0.25, 0.3) is 77.3 Å². The number of furan rings is 2. The van der Waals surface area contributed by atoms with E-state index in [-0.39, 0.29) is 0 Å². The third-order valence-electron chi connectivity index (χ3n) is 7.99. The lowest BCUT2D eigenvalue weighted by Crippen LogP contribution is -1.95. The first-order chi connectivity index (χ1) is 20.7. The van der Waals surface area contributed by atoms with Crippen LogP contribution in [0.4, 0.5) is 0 Å². The van der Waals surface area contributed by atoms with Crippen LogP contribution in [0, 0.1) is 22.7 Å². The minimum absolute atomic E-state index is 0.485. The average Bonchev–Trinajstić information content (AvgIpc) is 3.62. The van der Waals surface area contributed by atoms with Crippen molar-refractivity contribution in [3.63, 3.8) is 0 Å². The van der Waals surface area contributed by atoms with Gasteiger partial charge in [-0.15, -0.1) is 0 Å². The van der Waals surface area contributed by atoms with Gasteiger partial charge in [0.25, 0.3) is 0 Å². The van der Waals surface area contributed by atoms with Crippen molar-refractivity contribution in [2.24, 2.45) is 0 Å². The standard InChI is InChI=1S/C38H20N2O2/c39-21-24-8-1-2-9-26(24)32-18-25(23-16-17-29-27-10-3-5-14-35(27)41-37(29)20-23)19-33(34(32)22-40)31-13-7-12-30-28-11-4-6-15-36(28)42-38(30)31/h1-20H. The first-order valence-electron chi connectivity index (χ1n) is 13.6. The fourth-order valence-electron chi connectivity index (χ4n) is 6.03. The summed E-state index contributed by atoms with van der Waals surface area (Å²) in [6.45, 7) is 0. The molecule has 0 aliphatic carbocycles. The molecule has 4 nitrogen and oxygen atoms in total. The van der Waals surface area contributed by atoms with E-state index in [1.54, 1.807) is 6.07 Å². The number of hydrogen-bond acceptors (Lipinski definition) is 4. The van der Waals surface area contributed by atoms with E-state index in [0.29, 0.717) is 22.3 Å². The van der Waals surface area contributed by atoms with Gasteiger partial charge in [0.05, 0.1) is 17.2 Å². The zero-order chi connectivity index (χ0) is 28.2. The third-order valence-corrected chi connectivity index (χ3v) is 7.99. The normalized spacial score (nSPS) is 11.3. The molecular weight excluding hydrogens is 516 g/mol. The van der Waals surface area contributed by atoms with Crippen LogP contribution >= 0.6 is 0 Å². The Bertz CT molecular complexity index is 2450. The molecule has 0 bridgehead atoms. The quantitative estimate of drug-likeness (QED) is 0.225. The number of rotatable bonds is 3. The maximum absolute atomic E-state index is 10.6. The van der Waals surface area contributed by atoms with Crippen molar-refractivity contribution in [2.75, 3.05) is 0 Å². The van der Waals surface area contributed by atoms with Gasteiger partial charge in [0, 0.05) is 43.8 Å². The molecule has 8 aromatic rings. The summed E-state index contributed by atoms with van der Waals surface area (Å²) in [5.74, 6) is 0. The molecule has 2 aromatic heterocycles. The zero-order valence-corrected chi connectivity index (χ0v) is 22.3. The summed E-state index contributed by atoms with van der Waals surface area (Å²) in [6, 6.07) is 44.4. The van der Waals surface area contributed by atoms with Crippen molar-refractivity contribution >= 4 is 43.9 Å². The molecule has 0 fully saturated rings. The minimum atomic E-state index is 0.485. The molecule has 0 aliphatic rings. The molecule has 0 spiro atoms. The number of hydrogen-bond donors (Lipinski definition) is 0. The topological polar surface area (TPSA) is 73.9 Å². The predicted octanol–water partition coefficient (Wildman–Crippen LogP) is 10.2. The highest BCUT2D eigenvalue weighted by molar-refractivity contribution is 6.11. The Hall–Kier alpha value is -6.10. The van der Waals surface area contributed by atoms with Gasteiger partial charge in [-0.25, -0.2) is 0 Å². The zero-order valence-electron chi connectivity index (χ0n) is 22.3. The van der Waals surface area contributed by atoms with Crippen molar-refractivity contribution in [1.82, 2.24) is 0 Å². The average molecular weight is 537 g/mol. The van der Waals surface area contributed by atoms with Crippen LogP contribution in [-0.2, 0) is 0 Å². The summed E-state index contributed by atoms with van der Waals surface area (Å²) in [6.07, 6.45) is 0. The van der Waals surface area contributed by atoms with Gasteiger partial charge in [-0.1, -0.05) is 78.9 Å². The molecule has 194 valence electrons. The highest BCUT2D eigenvalue weighted by atomic mass is 16.3. The summed E-state index contributed by atoms with van der Waals surface area (Å²) >= 11 is 0. The Morgan fingerprint density at radius 1 is 0.429 bits per heavy atom. The Balaban J connectivity index is 1.45. The van der Waals surface area contributed by atoms with E-state index in [1.165, 1.54) is 0 Å². The molecule has 8 rings (SSSR count). The predicted molar refractivity (Wildman–Crippen MR) is 167 cm³/mol. The maximum Gasteiger partial charge on any atom is 0.143 e. The maximum atomic E-state index is 10.6. The molecule has 0 radical (unpaired) electrons. The van der Waals surface area contributed by atoms with Gasteiger partial charge in [0.2, 0.25) is 0 Å². The van der Waals surface area contributed by atoms with E-state index in [4.69, 9.17) is 8.83 Å². The van der Waals surface area contributed by atoms with Gasteiger partial charge in [0.15, 0.2) is 0 Å². The van der Waals surface area contributed by atoms with Crippen LogP contribution in [-0.4, -0.2) is 0 Å². The molecule has 0 aliphatic heterocycles. The lowest BCUT2D eigenvalue weighted by atomic mass is 9.86. The Labute approximate surface area is 240 Å². The van der Waals surface area contributed by atoms with Gasteiger partial charge in [-0.3, -0.25) is 0 Å². The SMILES string of the molecule is N#Cc1ccccc1-c1cc(-c2ccc3c(c2)oc2ccccc23)cc(-c2cccc3c2oc2ccccc23)c1C#N. The van der Waals surface area contributed by atoms with Crippen molar-refractivity contribution in [1.29, 1.82) is 10.5 Å². The van der Waals surface area contributed by atoms with Crippen molar-refractivity contribution in [3.8, 4) is 45.5 Å². The number of nitriles is 2. The lowest BCUT2D eigenvalue weighted by Gasteiger charge is -2.15. The van der Waals surface area contributed by atoms with Crippen molar-refractivity contribution < 1.29 is 8.83 Å². The van der Waals surface area contributed by atoms with Crippen LogP contribution in [0.1, 0.15) is 11.1 Å². The second kappa shape index (κ2) is 9.24. The summed E-state index contributed by atoms with van der Waals surface area (Å²) in [7, 11) is 0. The second-order valence-corrected chi connectivity index (χ2v) is 10.3. The van der Waals surface area contributed by atoms with Gasteiger partial charge in [0.1, 0.15) is 28.4 Å². The van der Waals surface area contributed by atoms with Gasteiger partial charge in [-0.05, 0) is 53.6 Å². The van der Waals surface area contributed by atoms with Gasteiger partial charge < -0.3 is 8.83 Å². The Kier molecular flexibility index (Phi) is 5.22. The minimum Gasteiger partial charge on any atom is -0.456 e. The fraction of sp³-hybridized carbons (Fsp3) is 0. The third kappa shape index (κ3) is 3.53. The van der Waals surface area contributed by atoms with Crippen molar-refractivity contribution in [2.45, 2.75) is 0 Å². The molecule has 6 aromatic carbocycles. The summed E-state index contributed by atoms with van der Waals surface area (Å²) < 4.78 is 12.6. The molecule has 0 amide bonds. The Morgan fingerprint density at radius 2 is 1.05 bits per heavy atom. The van der Waals surface area contributed by atoms with E-state index in [1.807, 2.05) is 97.1 Å². The van der Waals surface area contributed by atoms with E-state index < -0.39 is 0 Å². The fourth-order valence-corrected chi connectivity index (χ4v) is 6.03. The molecule has 2 heterocycles. The van der Waals surface area contributed by atoms with E-state index in [9.17, 15) is 10.5 Å². The molecule has 0 N–H and O–H groups in total. The van der Waals surface area contributed by atoms with Crippen LogP contribution in [0.5, 0.6) is 0 Å². The Morgan fingerprint density at radius 3 is 1.83 bits per heavy atom. The molecule has 0 unspecified atom stereocenters.